The number of benzene rings is 1. The molecule has 6 nitrogen and oxygen atoms in total. The smallest absolute Gasteiger partial charge is 0.353 e. The predicted octanol–water partition coefficient (Wildman–Crippen LogP) is 4.93. The Morgan fingerprint density at radius 3 is 2.40 bits per heavy atom. The topological polar surface area (TPSA) is 66.0 Å². The van der Waals surface area contributed by atoms with Crippen molar-refractivity contribution in [3.05, 3.63) is 59.4 Å². The SMILES string of the molecule is CN(C)CCNc1nc(Nc2ccc(C(F)(F)F)cc2Cl)cc(-c2ccncc2)n1. The Bertz CT molecular complexity index is 996. The van der Waals surface area contributed by atoms with Crippen LogP contribution in [0.4, 0.5) is 30.6 Å². The van der Waals surface area contributed by atoms with Crippen LogP contribution in [0.2, 0.25) is 5.02 Å². The molecular weight excluding hydrogens is 417 g/mol. The minimum absolute atomic E-state index is 0.0592. The van der Waals surface area contributed by atoms with E-state index in [2.05, 4.69) is 25.6 Å². The Balaban J connectivity index is 1.91. The van der Waals surface area contributed by atoms with Crippen LogP contribution in [0, 0.1) is 0 Å². The van der Waals surface area contributed by atoms with Crippen LogP contribution in [0.5, 0.6) is 0 Å². The Kier molecular flexibility index (Phi) is 6.73. The highest BCUT2D eigenvalue weighted by Crippen LogP contribution is 2.35. The zero-order valence-corrected chi connectivity index (χ0v) is 17.1. The van der Waals surface area contributed by atoms with Crippen LogP contribution in [0.3, 0.4) is 0 Å². The van der Waals surface area contributed by atoms with Gasteiger partial charge in [-0.05, 0) is 44.4 Å². The minimum atomic E-state index is -4.46. The fraction of sp³-hybridized carbons (Fsp3) is 0.250. The maximum atomic E-state index is 12.9. The summed E-state index contributed by atoms with van der Waals surface area (Å²) in [5.74, 6) is 0.780. The van der Waals surface area contributed by atoms with Crippen LogP contribution in [-0.2, 0) is 6.18 Å². The van der Waals surface area contributed by atoms with E-state index in [0.29, 0.717) is 29.7 Å². The average Bonchev–Trinajstić information content (AvgIpc) is 2.69. The van der Waals surface area contributed by atoms with Gasteiger partial charge >= 0.3 is 6.18 Å². The van der Waals surface area contributed by atoms with Gasteiger partial charge in [0, 0.05) is 37.1 Å². The molecule has 3 rings (SSSR count). The Hall–Kier alpha value is -2.91. The quantitative estimate of drug-likeness (QED) is 0.547. The molecule has 10 heteroatoms. The van der Waals surface area contributed by atoms with Gasteiger partial charge in [-0.2, -0.15) is 18.2 Å². The second-order valence-electron chi connectivity index (χ2n) is 6.75. The van der Waals surface area contributed by atoms with Gasteiger partial charge in [0.2, 0.25) is 5.95 Å². The highest BCUT2D eigenvalue weighted by atomic mass is 35.5. The first-order valence-corrected chi connectivity index (χ1v) is 9.42. The summed E-state index contributed by atoms with van der Waals surface area (Å²) in [5, 5.41) is 6.08. The lowest BCUT2D eigenvalue weighted by Gasteiger charge is -2.14. The molecule has 0 aliphatic carbocycles. The largest absolute Gasteiger partial charge is 0.416 e. The third-order valence-electron chi connectivity index (χ3n) is 4.10. The number of alkyl halides is 3. The van der Waals surface area contributed by atoms with Crippen molar-refractivity contribution in [1.82, 2.24) is 19.9 Å². The molecule has 0 spiro atoms. The molecule has 0 unspecified atom stereocenters. The Morgan fingerprint density at radius 2 is 1.77 bits per heavy atom. The Labute approximate surface area is 177 Å². The maximum Gasteiger partial charge on any atom is 0.416 e. The second kappa shape index (κ2) is 9.27. The monoisotopic (exact) mass is 436 g/mol. The van der Waals surface area contributed by atoms with Crippen molar-refractivity contribution in [1.29, 1.82) is 0 Å². The fourth-order valence-corrected chi connectivity index (χ4v) is 2.81. The molecule has 1 aromatic carbocycles. The first kappa shape index (κ1) is 21.8. The van der Waals surface area contributed by atoms with Crippen LogP contribution in [-0.4, -0.2) is 47.0 Å². The average molecular weight is 437 g/mol. The lowest BCUT2D eigenvalue weighted by Crippen LogP contribution is -2.21. The molecule has 2 aromatic heterocycles. The summed E-state index contributed by atoms with van der Waals surface area (Å²) >= 11 is 6.07. The molecule has 3 aromatic rings. The predicted molar refractivity (Wildman–Crippen MR) is 112 cm³/mol. The summed E-state index contributed by atoms with van der Waals surface area (Å²) in [7, 11) is 3.91. The molecule has 0 aliphatic heterocycles. The van der Waals surface area contributed by atoms with Crippen molar-refractivity contribution in [2.24, 2.45) is 0 Å². The van der Waals surface area contributed by atoms with Crippen LogP contribution in [0.25, 0.3) is 11.3 Å². The molecule has 0 fully saturated rings. The van der Waals surface area contributed by atoms with Gasteiger partial charge in [-0.3, -0.25) is 4.98 Å². The number of halogens is 4. The molecule has 2 heterocycles. The molecule has 0 aliphatic rings. The van der Waals surface area contributed by atoms with Crippen molar-refractivity contribution >= 4 is 29.1 Å². The van der Waals surface area contributed by atoms with Crippen molar-refractivity contribution in [2.45, 2.75) is 6.18 Å². The van der Waals surface area contributed by atoms with E-state index in [1.165, 1.54) is 6.07 Å². The molecule has 0 saturated heterocycles. The summed E-state index contributed by atoms with van der Waals surface area (Å²) in [5.41, 5.74) is 0.947. The van der Waals surface area contributed by atoms with Gasteiger partial charge in [-0.25, -0.2) is 4.98 Å². The molecule has 0 bridgehead atoms. The number of hydrogen-bond acceptors (Lipinski definition) is 6. The lowest BCUT2D eigenvalue weighted by atomic mass is 10.2. The summed E-state index contributed by atoms with van der Waals surface area (Å²) in [6.07, 6.45) is -1.16. The van der Waals surface area contributed by atoms with E-state index in [0.717, 1.165) is 24.2 Å². The number of hydrogen-bond donors (Lipinski definition) is 2. The third-order valence-corrected chi connectivity index (χ3v) is 4.42. The van der Waals surface area contributed by atoms with E-state index in [1.807, 2.05) is 19.0 Å². The van der Waals surface area contributed by atoms with E-state index in [9.17, 15) is 13.2 Å². The van der Waals surface area contributed by atoms with E-state index in [4.69, 9.17) is 11.6 Å². The minimum Gasteiger partial charge on any atom is -0.353 e. The lowest BCUT2D eigenvalue weighted by molar-refractivity contribution is -0.137. The highest BCUT2D eigenvalue weighted by Gasteiger charge is 2.30. The third kappa shape index (κ3) is 5.80. The highest BCUT2D eigenvalue weighted by molar-refractivity contribution is 6.33. The van der Waals surface area contributed by atoms with E-state index < -0.39 is 11.7 Å². The summed E-state index contributed by atoms with van der Waals surface area (Å²) in [4.78, 5) is 15.0. The molecule has 30 heavy (non-hydrogen) atoms. The number of nitrogens with zero attached hydrogens (tertiary/aromatic N) is 4. The first-order valence-electron chi connectivity index (χ1n) is 9.04. The summed E-state index contributed by atoms with van der Waals surface area (Å²) in [6, 6.07) is 8.43. The number of likely N-dealkylation sites (N-methyl/N-ethyl adjacent to an activating group) is 1. The van der Waals surface area contributed by atoms with Crippen molar-refractivity contribution in [3.63, 3.8) is 0 Å². The summed E-state index contributed by atoms with van der Waals surface area (Å²) < 4.78 is 38.6. The van der Waals surface area contributed by atoms with Gasteiger partial charge in [-0.1, -0.05) is 11.6 Å². The number of aromatic nitrogens is 3. The zero-order chi connectivity index (χ0) is 21.7. The standard InChI is InChI=1S/C20H20ClF3N6/c1-30(2)10-9-26-19-28-17(13-5-7-25-8-6-13)12-18(29-19)27-16-4-3-14(11-15(16)21)20(22,23)24/h3-8,11-12H,9-10H2,1-2H3,(H2,26,27,28,29). The molecule has 0 amide bonds. The van der Waals surface area contributed by atoms with E-state index in [-0.39, 0.29) is 5.02 Å². The van der Waals surface area contributed by atoms with Gasteiger partial charge in [-0.15, -0.1) is 0 Å². The van der Waals surface area contributed by atoms with Crippen molar-refractivity contribution in [3.8, 4) is 11.3 Å². The fourth-order valence-electron chi connectivity index (χ4n) is 2.58. The van der Waals surface area contributed by atoms with Crippen LogP contribution < -0.4 is 10.6 Å². The normalized spacial score (nSPS) is 11.6. The summed E-state index contributed by atoms with van der Waals surface area (Å²) in [6.45, 7) is 1.39. The van der Waals surface area contributed by atoms with Gasteiger partial charge in [0.05, 0.1) is 22.0 Å². The first-order chi connectivity index (χ1) is 14.2. The number of rotatable bonds is 7. The van der Waals surface area contributed by atoms with Crippen molar-refractivity contribution < 1.29 is 13.2 Å². The molecular formula is C20H20ClF3N6. The van der Waals surface area contributed by atoms with Crippen LogP contribution in [0.1, 0.15) is 5.56 Å². The molecule has 0 saturated carbocycles. The number of nitrogens with one attached hydrogen (secondary N) is 2. The van der Waals surface area contributed by atoms with Gasteiger partial charge in [0.25, 0.3) is 0 Å². The maximum absolute atomic E-state index is 12.9. The molecule has 0 radical (unpaired) electrons. The zero-order valence-electron chi connectivity index (χ0n) is 16.3. The van der Waals surface area contributed by atoms with Crippen LogP contribution in [0.15, 0.2) is 48.8 Å². The van der Waals surface area contributed by atoms with E-state index in [1.54, 1.807) is 30.6 Å². The van der Waals surface area contributed by atoms with Gasteiger partial charge in [0.15, 0.2) is 0 Å². The number of pyridine rings is 1. The molecule has 0 atom stereocenters. The number of anilines is 3. The molecule has 158 valence electrons. The van der Waals surface area contributed by atoms with Gasteiger partial charge in [0.1, 0.15) is 5.82 Å². The van der Waals surface area contributed by atoms with Crippen LogP contribution >= 0.6 is 11.6 Å². The van der Waals surface area contributed by atoms with Gasteiger partial charge < -0.3 is 15.5 Å². The van der Waals surface area contributed by atoms with E-state index >= 15 is 0 Å². The van der Waals surface area contributed by atoms with Crippen molar-refractivity contribution in [2.75, 3.05) is 37.8 Å². The second-order valence-corrected chi connectivity index (χ2v) is 7.15. The molecule has 2 N–H and O–H groups in total. The Morgan fingerprint density at radius 1 is 1.03 bits per heavy atom.